The predicted molar refractivity (Wildman–Crippen MR) is 61.2 cm³/mol. The van der Waals surface area contributed by atoms with E-state index in [4.69, 9.17) is 21.6 Å². The zero-order valence-electron chi connectivity index (χ0n) is 8.77. The van der Waals surface area contributed by atoms with Gasteiger partial charge in [-0.1, -0.05) is 24.6 Å². The van der Waals surface area contributed by atoms with Crippen LogP contribution in [-0.4, -0.2) is 28.1 Å². The second-order valence-electron chi connectivity index (χ2n) is 3.22. The molecular formula is C9H12BClN2O3. The molecule has 0 atom stereocenters. The first-order valence-corrected chi connectivity index (χ1v) is 5.19. The van der Waals surface area contributed by atoms with Gasteiger partial charge >= 0.3 is 7.12 Å². The maximum atomic E-state index is 11.0. The van der Waals surface area contributed by atoms with Gasteiger partial charge in [0.1, 0.15) is 5.15 Å². The predicted octanol–water partition coefficient (Wildman–Crippen LogP) is -0.559. The third-order valence-corrected chi connectivity index (χ3v) is 2.37. The molecule has 0 radical (unpaired) electrons. The number of rotatable bonds is 4. The van der Waals surface area contributed by atoms with E-state index in [0.717, 1.165) is 0 Å². The minimum Gasteiger partial charge on any atom is -0.423 e. The molecule has 0 bridgehead atoms. The van der Waals surface area contributed by atoms with Crippen LogP contribution in [0, 0.1) is 0 Å². The van der Waals surface area contributed by atoms with Crippen LogP contribution in [0.15, 0.2) is 12.3 Å². The number of hydrogen-bond acceptors (Lipinski definition) is 4. The maximum absolute atomic E-state index is 11.0. The van der Waals surface area contributed by atoms with E-state index in [2.05, 4.69) is 10.3 Å². The van der Waals surface area contributed by atoms with Crippen LogP contribution in [0.1, 0.15) is 18.9 Å². The molecule has 1 rings (SSSR count). The van der Waals surface area contributed by atoms with Gasteiger partial charge in [0.15, 0.2) is 0 Å². The SMILES string of the molecule is CCC(=O)NCc1cc(B(O)O)cnc1Cl. The molecule has 1 aromatic rings. The van der Waals surface area contributed by atoms with Crippen molar-refractivity contribution in [2.45, 2.75) is 19.9 Å². The van der Waals surface area contributed by atoms with Crippen molar-refractivity contribution in [1.82, 2.24) is 10.3 Å². The minimum absolute atomic E-state index is 0.106. The van der Waals surface area contributed by atoms with E-state index in [9.17, 15) is 4.79 Å². The molecule has 0 aliphatic heterocycles. The molecule has 0 saturated heterocycles. The summed E-state index contributed by atoms with van der Waals surface area (Å²) in [5.74, 6) is -0.106. The fourth-order valence-electron chi connectivity index (χ4n) is 1.10. The standard InChI is InChI=1S/C9H12BClN2O3/c1-2-8(14)12-4-6-3-7(10(15)16)5-13-9(6)11/h3,5,15-16H,2,4H2,1H3,(H,12,14). The van der Waals surface area contributed by atoms with E-state index in [1.165, 1.54) is 12.3 Å². The number of aromatic nitrogens is 1. The highest BCUT2D eigenvalue weighted by atomic mass is 35.5. The molecule has 1 heterocycles. The zero-order chi connectivity index (χ0) is 12.1. The van der Waals surface area contributed by atoms with Crippen LogP contribution in [0.5, 0.6) is 0 Å². The fourth-order valence-corrected chi connectivity index (χ4v) is 1.27. The molecular weight excluding hydrogens is 230 g/mol. The molecule has 0 unspecified atom stereocenters. The number of hydrogen-bond donors (Lipinski definition) is 3. The second-order valence-corrected chi connectivity index (χ2v) is 3.58. The number of pyridine rings is 1. The molecule has 86 valence electrons. The van der Waals surface area contributed by atoms with Crippen LogP contribution in [-0.2, 0) is 11.3 Å². The van der Waals surface area contributed by atoms with E-state index in [0.29, 0.717) is 12.0 Å². The van der Waals surface area contributed by atoms with Gasteiger partial charge in [0.25, 0.3) is 0 Å². The molecule has 1 amide bonds. The third kappa shape index (κ3) is 3.48. The van der Waals surface area contributed by atoms with E-state index in [1.54, 1.807) is 6.92 Å². The normalized spacial score (nSPS) is 10.0. The Balaban J connectivity index is 2.78. The summed E-state index contributed by atoms with van der Waals surface area (Å²) in [6.07, 6.45) is 1.66. The number of carbonyl (C=O) groups excluding carboxylic acids is 1. The molecule has 3 N–H and O–H groups in total. The van der Waals surface area contributed by atoms with Crippen LogP contribution >= 0.6 is 11.6 Å². The van der Waals surface area contributed by atoms with Crippen molar-refractivity contribution in [3.05, 3.63) is 23.0 Å². The average Bonchev–Trinajstić information content (AvgIpc) is 2.27. The third-order valence-electron chi connectivity index (χ3n) is 2.03. The van der Waals surface area contributed by atoms with Crippen LogP contribution in [0.2, 0.25) is 5.15 Å². The summed E-state index contributed by atoms with van der Waals surface area (Å²) in [5.41, 5.74) is 0.791. The van der Waals surface area contributed by atoms with Gasteiger partial charge in [-0.25, -0.2) is 4.98 Å². The van der Waals surface area contributed by atoms with Crippen LogP contribution in [0.3, 0.4) is 0 Å². The molecule has 5 nitrogen and oxygen atoms in total. The first-order chi connectivity index (χ1) is 7.54. The maximum Gasteiger partial charge on any atom is 0.490 e. The van der Waals surface area contributed by atoms with Gasteiger partial charge in [-0.3, -0.25) is 4.79 Å². The molecule has 7 heteroatoms. The lowest BCUT2D eigenvalue weighted by Crippen LogP contribution is -2.31. The quantitative estimate of drug-likeness (QED) is 0.488. The first-order valence-electron chi connectivity index (χ1n) is 4.81. The smallest absolute Gasteiger partial charge is 0.423 e. The summed E-state index contributed by atoms with van der Waals surface area (Å²) in [7, 11) is -1.59. The molecule has 0 fully saturated rings. The molecule has 0 aromatic carbocycles. The highest BCUT2D eigenvalue weighted by Gasteiger charge is 2.14. The van der Waals surface area contributed by atoms with Crippen molar-refractivity contribution in [2.24, 2.45) is 0 Å². The largest absolute Gasteiger partial charge is 0.490 e. The molecule has 0 saturated carbocycles. The van der Waals surface area contributed by atoms with Gasteiger partial charge in [-0.05, 0) is 0 Å². The van der Waals surface area contributed by atoms with Crippen molar-refractivity contribution in [3.63, 3.8) is 0 Å². The number of nitrogens with one attached hydrogen (secondary N) is 1. The first kappa shape index (κ1) is 13.0. The van der Waals surface area contributed by atoms with Gasteiger partial charge < -0.3 is 15.4 Å². The fraction of sp³-hybridized carbons (Fsp3) is 0.333. The van der Waals surface area contributed by atoms with Crippen LogP contribution < -0.4 is 10.8 Å². The van der Waals surface area contributed by atoms with Crippen molar-refractivity contribution >= 4 is 30.1 Å². The Morgan fingerprint density at radius 2 is 2.31 bits per heavy atom. The summed E-state index contributed by atoms with van der Waals surface area (Å²) in [6, 6.07) is 1.50. The van der Waals surface area contributed by atoms with E-state index in [1.807, 2.05) is 0 Å². The zero-order valence-corrected chi connectivity index (χ0v) is 9.53. The molecule has 0 spiro atoms. The lowest BCUT2D eigenvalue weighted by Gasteiger charge is -2.07. The topological polar surface area (TPSA) is 82.5 Å². The number of halogens is 1. The summed E-state index contributed by atoms with van der Waals surface area (Å²) < 4.78 is 0. The van der Waals surface area contributed by atoms with Crippen LogP contribution in [0.4, 0.5) is 0 Å². The second kappa shape index (κ2) is 5.84. The van der Waals surface area contributed by atoms with Gasteiger partial charge in [0, 0.05) is 30.2 Å². The number of amides is 1. The summed E-state index contributed by atoms with van der Waals surface area (Å²) in [4.78, 5) is 14.8. The van der Waals surface area contributed by atoms with E-state index in [-0.39, 0.29) is 23.1 Å². The highest BCUT2D eigenvalue weighted by molar-refractivity contribution is 6.58. The van der Waals surface area contributed by atoms with E-state index < -0.39 is 7.12 Å². The number of nitrogens with zero attached hydrogens (tertiary/aromatic N) is 1. The Morgan fingerprint density at radius 3 is 2.88 bits per heavy atom. The Labute approximate surface area is 98.6 Å². The molecule has 0 aliphatic rings. The van der Waals surface area contributed by atoms with Gasteiger partial charge in [0.05, 0.1) is 0 Å². The average molecular weight is 242 g/mol. The summed E-state index contributed by atoms with van der Waals surface area (Å²) in [5, 5.41) is 20.8. The Bertz CT molecular complexity index is 387. The lowest BCUT2D eigenvalue weighted by atomic mass is 9.81. The Hall–Kier alpha value is -1.11. The van der Waals surface area contributed by atoms with Gasteiger partial charge in [-0.2, -0.15) is 0 Å². The summed E-state index contributed by atoms with van der Waals surface area (Å²) in [6.45, 7) is 1.96. The molecule has 1 aromatic heterocycles. The van der Waals surface area contributed by atoms with Gasteiger partial charge in [0.2, 0.25) is 5.91 Å². The molecule has 0 aliphatic carbocycles. The summed E-state index contributed by atoms with van der Waals surface area (Å²) >= 11 is 5.80. The van der Waals surface area contributed by atoms with Crippen molar-refractivity contribution < 1.29 is 14.8 Å². The monoisotopic (exact) mass is 242 g/mol. The Morgan fingerprint density at radius 1 is 1.62 bits per heavy atom. The van der Waals surface area contributed by atoms with Crippen molar-refractivity contribution in [3.8, 4) is 0 Å². The van der Waals surface area contributed by atoms with Crippen molar-refractivity contribution in [2.75, 3.05) is 0 Å². The lowest BCUT2D eigenvalue weighted by molar-refractivity contribution is -0.120. The minimum atomic E-state index is -1.59. The number of carbonyl (C=O) groups is 1. The molecule has 16 heavy (non-hydrogen) atoms. The van der Waals surface area contributed by atoms with Gasteiger partial charge in [-0.15, -0.1) is 0 Å². The van der Waals surface area contributed by atoms with Crippen molar-refractivity contribution in [1.29, 1.82) is 0 Å². The highest BCUT2D eigenvalue weighted by Crippen LogP contribution is 2.10. The Kier molecular flexibility index (Phi) is 4.73. The van der Waals surface area contributed by atoms with E-state index >= 15 is 0 Å². The van der Waals surface area contributed by atoms with Crippen LogP contribution in [0.25, 0.3) is 0 Å².